The average Bonchev–Trinajstić information content (AvgIpc) is 3.38. The molecule has 0 spiro atoms. The first-order chi connectivity index (χ1) is 19.5. The summed E-state index contributed by atoms with van der Waals surface area (Å²) in [4.78, 5) is 29.6. The summed E-state index contributed by atoms with van der Waals surface area (Å²) in [7, 11) is 0.716. The van der Waals surface area contributed by atoms with E-state index in [-0.39, 0.29) is 23.4 Å². The lowest BCUT2D eigenvalue weighted by atomic mass is 9.48. The van der Waals surface area contributed by atoms with Gasteiger partial charge in [0.05, 0.1) is 5.76 Å². The molecule has 214 valence electrons. The van der Waals surface area contributed by atoms with E-state index in [0.717, 1.165) is 17.7 Å². The number of carbonyl (C=O) groups excluding carboxylic acids is 2. The van der Waals surface area contributed by atoms with Gasteiger partial charge in [0.2, 0.25) is 0 Å². The van der Waals surface area contributed by atoms with Crippen LogP contribution in [0.5, 0.6) is 5.75 Å². The van der Waals surface area contributed by atoms with Crippen LogP contribution in [-0.4, -0.2) is 48.5 Å². The number of aryl methyl sites for hydroxylation is 3. The Bertz CT molecular complexity index is 1380. The van der Waals surface area contributed by atoms with E-state index >= 15 is 0 Å². The van der Waals surface area contributed by atoms with Crippen LogP contribution in [-0.2, 0) is 6.42 Å². The number of thioether (sulfide) groups is 1. The summed E-state index contributed by atoms with van der Waals surface area (Å²) < 4.78 is 5.62. The first kappa shape index (κ1) is 30.5. The van der Waals surface area contributed by atoms with E-state index in [2.05, 4.69) is 32.6 Å². The summed E-state index contributed by atoms with van der Waals surface area (Å²) in [5, 5.41) is 9.64. The minimum absolute atomic E-state index is 0.0167. The number of likely N-dealkylation sites (tertiary alicyclic amines) is 1. The van der Waals surface area contributed by atoms with Gasteiger partial charge in [0.25, 0.3) is 0 Å². The molecule has 0 aromatic heterocycles. The van der Waals surface area contributed by atoms with E-state index < -0.39 is 11.4 Å². The molecule has 0 bridgehead atoms. The number of benzene rings is 3. The normalized spacial score (nSPS) is 16.9. The van der Waals surface area contributed by atoms with Crippen LogP contribution in [0.15, 0.2) is 84.0 Å². The van der Waals surface area contributed by atoms with Crippen LogP contribution >= 0.6 is 11.8 Å². The molecule has 1 N–H and O–H groups in total. The van der Waals surface area contributed by atoms with Gasteiger partial charge in [-0.1, -0.05) is 79.5 Å². The minimum Gasteiger partial charge on any atom is -0.513 e. The number of aliphatic hydroxyl groups is 1. The number of aliphatic hydroxyl groups excluding tert-OH is 1. The number of nitrogens with zero attached hydrogens (tertiary/aromatic N) is 1. The predicted molar refractivity (Wildman–Crippen MR) is 170 cm³/mol. The van der Waals surface area contributed by atoms with Gasteiger partial charge in [0, 0.05) is 34.8 Å². The van der Waals surface area contributed by atoms with Gasteiger partial charge in [-0.05, 0) is 68.7 Å². The molecule has 0 aliphatic carbocycles. The van der Waals surface area contributed by atoms with Crippen LogP contribution in [0.1, 0.15) is 47.3 Å². The highest BCUT2D eigenvalue weighted by molar-refractivity contribution is 7.98. The number of hydrogen-bond acceptors (Lipinski definition) is 5. The van der Waals surface area contributed by atoms with Crippen LogP contribution in [0.25, 0.3) is 0 Å². The van der Waals surface area contributed by atoms with Gasteiger partial charge in [0.15, 0.2) is 13.1 Å². The van der Waals surface area contributed by atoms with Crippen LogP contribution in [0.4, 0.5) is 4.79 Å². The van der Waals surface area contributed by atoms with Gasteiger partial charge in [-0.15, -0.1) is 11.8 Å². The van der Waals surface area contributed by atoms with Gasteiger partial charge in [-0.3, -0.25) is 4.79 Å². The molecule has 1 aliphatic heterocycles. The van der Waals surface area contributed by atoms with Gasteiger partial charge < -0.3 is 14.7 Å². The predicted octanol–water partition coefficient (Wildman–Crippen LogP) is 6.92. The van der Waals surface area contributed by atoms with E-state index in [1.165, 1.54) is 22.2 Å². The number of hydrogen-bond donors (Lipinski definition) is 1. The van der Waals surface area contributed by atoms with Crippen molar-refractivity contribution in [2.45, 2.75) is 50.7 Å². The lowest BCUT2D eigenvalue weighted by Crippen LogP contribution is -2.32. The highest BCUT2D eigenvalue weighted by Crippen LogP contribution is 2.33. The van der Waals surface area contributed by atoms with Crippen molar-refractivity contribution in [3.8, 4) is 5.75 Å². The Balaban J connectivity index is 1.52. The molecule has 1 amide bonds. The van der Waals surface area contributed by atoms with Gasteiger partial charge >= 0.3 is 6.09 Å². The molecule has 1 fully saturated rings. The molecule has 1 saturated heterocycles. The van der Waals surface area contributed by atoms with Crippen molar-refractivity contribution in [1.82, 2.24) is 4.90 Å². The minimum atomic E-state index is -0.418. The molecule has 2 atom stereocenters. The lowest BCUT2D eigenvalue weighted by molar-refractivity contribution is 0.0895. The maximum atomic E-state index is 13.7. The third-order valence-electron chi connectivity index (χ3n) is 8.32. The molecule has 1 aliphatic rings. The zero-order valence-electron chi connectivity index (χ0n) is 24.8. The summed E-state index contributed by atoms with van der Waals surface area (Å²) in [5.74, 6) is 0.484. The van der Waals surface area contributed by atoms with Crippen molar-refractivity contribution >= 4 is 36.4 Å². The second-order valence-corrected chi connectivity index (χ2v) is 12.7. The fraction of sp³-hybridized carbons (Fsp3) is 0.353. The highest BCUT2D eigenvalue weighted by atomic mass is 32.2. The number of ether oxygens (including phenoxy) is 1. The summed E-state index contributed by atoms with van der Waals surface area (Å²) in [6, 6.07) is 21.2. The van der Waals surface area contributed by atoms with Crippen LogP contribution in [0, 0.1) is 25.7 Å². The van der Waals surface area contributed by atoms with Crippen molar-refractivity contribution < 1.29 is 19.4 Å². The second-order valence-electron chi connectivity index (χ2n) is 11.8. The Hall–Kier alpha value is -3.45. The van der Waals surface area contributed by atoms with Crippen molar-refractivity contribution in [2.24, 2.45) is 11.8 Å². The molecule has 2 unspecified atom stereocenters. The fourth-order valence-electron chi connectivity index (χ4n) is 5.64. The maximum absolute atomic E-state index is 13.7. The third kappa shape index (κ3) is 7.45. The first-order valence-corrected chi connectivity index (χ1v) is 15.4. The smallest absolute Gasteiger partial charge is 0.415 e. The third-order valence-corrected chi connectivity index (χ3v) is 9.06. The number of ketones is 1. The van der Waals surface area contributed by atoms with Crippen molar-refractivity contribution in [3.05, 3.63) is 101 Å². The molecule has 3 aromatic carbocycles. The molecule has 4 rings (SSSR count). The molecule has 41 heavy (non-hydrogen) atoms. The maximum Gasteiger partial charge on any atom is 0.415 e. The van der Waals surface area contributed by atoms with E-state index in [1.54, 1.807) is 28.8 Å². The molecular formula is C34H40BNO4S. The summed E-state index contributed by atoms with van der Waals surface area (Å²) >= 11 is 1.64. The molecule has 5 nitrogen and oxygen atoms in total. The Morgan fingerprint density at radius 2 is 1.68 bits per heavy atom. The number of amides is 1. The SMILES string of the molecule is C=C(O)C(C)(C)Bc1c(C)cc(CCC2CN(C(=O)Oc3ccccc3)CC2C(=O)c2ccc(SC)cc2)cc1C. The van der Waals surface area contributed by atoms with E-state index in [9.17, 15) is 14.7 Å². The first-order valence-electron chi connectivity index (χ1n) is 14.2. The topological polar surface area (TPSA) is 66.8 Å². The molecule has 7 heteroatoms. The van der Waals surface area contributed by atoms with Crippen LogP contribution < -0.4 is 10.2 Å². The van der Waals surface area contributed by atoms with E-state index in [0.29, 0.717) is 31.7 Å². The van der Waals surface area contributed by atoms with E-state index in [4.69, 9.17) is 4.74 Å². The fourth-order valence-corrected chi connectivity index (χ4v) is 6.04. The Morgan fingerprint density at radius 1 is 1.05 bits per heavy atom. The number of allylic oxidation sites excluding steroid dienone is 1. The standard InChI is InChI=1S/C34H40BNO4S/c1-22-18-25(19-23(2)31(22)35-34(4,5)24(3)37)12-13-27-20-36(33(39)40-28-10-8-7-9-11-28)21-30(27)32(38)26-14-16-29(41-6)17-15-26/h7-11,14-19,27,30,35,37H,3,12-13,20-21H2,1-2,4-6H3. The number of para-hydroxylation sites is 1. The Labute approximate surface area is 249 Å². The van der Waals surface area contributed by atoms with Crippen LogP contribution in [0.3, 0.4) is 0 Å². The van der Waals surface area contributed by atoms with Crippen LogP contribution in [0.2, 0.25) is 5.31 Å². The number of carbonyl (C=O) groups is 2. The number of Topliss-reactive ketones (excluding diaryl/α,β-unsaturated/α-hetero) is 1. The summed E-state index contributed by atoms with van der Waals surface area (Å²) in [6.07, 6.45) is 3.18. The molecular weight excluding hydrogens is 529 g/mol. The zero-order chi connectivity index (χ0) is 29.7. The summed E-state index contributed by atoms with van der Waals surface area (Å²) in [5.41, 5.74) is 5.50. The van der Waals surface area contributed by atoms with Gasteiger partial charge in [0.1, 0.15) is 5.75 Å². The van der Waals surface area contributed by atoms with Gasteiger partial charge in [-0.25, -0.2) is 4.79 Å². The second kappa shape index (κ2) is 13.0. The van der Waals surface area contributed by atoms with Crippen molar-refractivity contribution in [1.29, 1.82) is 0 Å². The highest BCUT2D eigenvalue weighted by Gasteiger charge is 2.40. The van der Waals surface area contributed by atoms with Crippen molar-refractivity contribution in [3.63, 3.8) is 0 Å². The Kier molecular flexibility index (Phi) is 9.70. The zero-order valence-corrected chi connectivity index (χ0v) is 25.6. The van der Waals surface area contributed by atoms with Crippen molar-refractivity contribution in [2.75, 3.05) is 19.3 Å². The summed E-state index contributed by atoms with van der Waals surface area (Å²) in [6.45, 7) is 12.8. The molecule has 0 saturated carbocycles. The largest absolute Gasteiger partial charge is 0.513 e. The van der Waals surface area contributed by atoms with E-state index in [1.807, 2.05) is 62.6 Å². The number of rotatable bonds is 10. The lowest BCUT2D eigenvalue weighted by Gasteiger charge is -2.24. The monoisotopic (exact) mass is 569 g/mol. The van der Waals surface area contributed by atoms with Gasteiger partial charge in [-0.2, -0.15) is 0 Å². The molecule has 3 aromatic rings. The average molecular weight is 570 g/mol. The molecule has 0 radical (unpaired) electrons. The molecule has 1 heterocycles. The quantitative estimate of drug-likeness (QED) is 0.124. The Morgan fingerprint density at radius 3 is 2.27 bits per heavy atom.